The standard InChI is InChI=1S/C20H21F3N2O2/c1-13(2)14-7-9-15(10-8-14)18(26)24-11-12-25-19(27)16-5-3-4-6-17(16)20(21,22)23/h3-10,13H,11-12H2,1-2H3,(H,24,26)(H,25,27). The summed E-state index contributed by atoms with van der Waals surface area (Å²) in [4.78, 5) is 24.1. The van der Waals surface area contributed by atoms with Gasteiger partial charge in [0.1, 0.15) is 0 Å². The fourth-order valence-electron chi connectivity index (χ4n) is 2.50. The summed E-state index contributed by atoms with van der Waals surface area (Å²) in [6.45, 7) is 4.22. The number of rotatable bonds is 6. The van der Waals surface area contributed by atoms with Gasteiger partial charge in [-0.05, 0) is 35.7 Å². The maximum atomic E-state index is 12.9. The molecule has 2 rings (SSSR count). The van der Waals surface area contributed by atoms with Crippen molar-refractivity contribution in [3.8, 4) is 0 Å². The Hall–Kier alpha value is -2.83. The number of alkyl halides is 3. The summed E-state index contributed by atoms with van der Waals surface area (Å²) >= 11 is 0. The second-order valence-electron chi connectivity index (χ2n) is 6.33. The molecule has 0 heterocycles. The van der Waals surface area contributed by atoms with Gasteiger partial charge in [-0.1, -0.05) is 38.1 Å². The van der Waals surface area contributed by atoms with E-state index in [4.69, 9.17) is 0 Å². The first-order chi connectivity index (χ1) is 12.7. The lowest BCUT2D eigenvalue weighted by Gasteiger charge is -2.13. The third-order valence-corrected chi connectivity index (χ3v) is 4.01. The minimum Gasteiger partial charge on any atom is -0.350 e. The van der Waals surface area contributed by atoms with Crippen LogP contribution in [0.4, 0.5) is 13.2 Å². The number of benzene rings is 2. The molecule has 0 atom stereocenters. The lowest BCUT2D eigenvalue weighted by atomic mass is 10.0. The van der Waals surface area contributed by atoms with Gasteiger partial charge in [0, 0.05) is 18.7 Å². The van der Waals surface area contributed by atoms with Gasteiger partial charge in [-0.25, -0.2) is 0 Å². The van der Waals surface area contributed by atoms with Crippen LogP contribution in [-0.2, 0) is 6.18 Å². The Bertz CT molecular complexity index is 800. The average molecular weight is 378 g/mol. The monoisotopic (exact) mass is 378 g/mol. The van der Waals surface area contributed by atoms with Crippen molar-refractivity contribution >= 4 is 11.8 Å². The topological polar surface area (TPSA) is 58.2 Å². The largest absolute Gasteiger partial charge is 0.417 e. The third-order valence-electron chi connectivity index (χ3n) is 4.01. The highest BCUT2D eigenvalue weighted by Gasteiger charge is 2.34. The molecule has 2 amide bonds. The van der Waals surface area contributed by atoms with Crippen LogP contribution in [-0.4, -0.2) is 24.9 Å². The van der Waals surface area contributed by atoms with Crippen molar-refractivity contribution in [3.63, 3.8) is 0 Å². The molecule has 0 saturated heterocycles. The first kappa shape index (κ1) is 20.5. The van der Waals surface area contributed by atoms with Gasteiger partial charge in [-0.2, -0.15) is 13.2 Å². The molecule has 0 fully saturated rings. The molecule has 0 aromatic heterocycles. The summed E-state index contributed by atoms with van der Waals surface area (Å²) in [6, 6.07) is 11.7. The number of amides is 2. The number of hydrogen-bond acceptors (Lipinski definition) is 2. The minimum absolute atomic E-state index is 0.0147. The molecule has 144 valence electrons. The fraction of sp³-hybridized carbons (Fsp3) is 0.300. The van der Waals surface area contributed by atoms with Crippen LogP contribution in [0, 0.1) is 0 Å². The van der Waals surface area contributed by atoms with Crippen molar-refractivity contribution in [1.29, 1.82) is 0 Å². The summed E-state index contributed by atoms with van der Waals surface area (Å²) in [6.07, 6.45) is -4.61. The number of carbonyl (C=O) groups is 2. The molecule has 0 radical (unpaired) electrons. The molecule has 0 saturated carbocycles. The van der Waals surface area contributed by atoms with Crippen LogP contribution >= 0.6 is 0 Å². The summed E-state index contributed by atoms with van der Waals surface area (Å²) in [5, 5.41) is 5.01. The van der Waals surface area contributed by atoms with E-state index in [9.17, 15) is 22.8 Å². The number of hydrogen-bond donors (Lipinski definition) is 2. The minimum atomic E-state index is -4.61. The molecule has 0 aliphatic carbocycles. The van der Waals surface area contributed by atoms with Crippen LogP contribution in [0.1, 0.15) is 51.6 Å². The Labute approximate surface area is 155 Å². The van der Waals surface area contributed by atoms with Crippen LogP contribution in [0.3, 0.4) is 0 Å². The van der Waals surface area contributed by atoms with E-state index >= 15 is 0 Å². The van der Waals surface area contributed by atoms with Gasteiger partial charge in [0.05, 0.1) is 11.1 Å². The molecular formula is C20H21F3N2O2. The molecule has 2 aromatic carbocycles. The Kier molecular flexibility index (Phi) is 6.60. The normalized spacial score (nSPS) is 11.3. The maximum Gasteiger partial charge on any atom is 0.417 e. The van der Waals surface area contributed by atoms with Gasteiger partial charge in [-0.3, -0.25) is 9.59 Å². The van der Waals surface area contributed by atoms with E-state index < -0.39 is 23.2 Å². The van der Waals surface area contributed by atoms with Gasteiger partial charge in [-0.15, -0.1) is 0 Å². The van der Waals surface area contributed by atoms with E-state index in [0.29, 0.717) is 11.5 Å². The second-order valence-corrected chi connectivity index (χ2v) is 6.33. The zero-order valence-corrected chi connectivity index (χ0v) is 15.1. The summed E-state index contributed by atoms with van der Waals surface area (Å²) < 4.78 is 38.8. The quantitative estimate of drug-likeness (QED) is 0.747. The molecule has 0 aliphatic heterocycles. The molecule has 7 heteroatoms. The lowest BCUT2D eigenvalue weighted by molar-refractivity contribution is -0.137. The first-order valence-corrected chi connectivity index (χ1v) is 8.52. The van der Waals surface area contributed by atoms with Crippen molar-refractivity contribution in [2.75, 3.05) is 13.1 Å². The lowest BCUT2D eigenvalue weighted by Crippen LogP contribution is -2.35. The smallest absolute Gasteiger partial charge is 0.350 e. The van der Waals surface area contributed by atoms with Crippen LogP contribution < -0.4 is 10.6 Å². The van der Waals surface area contributed by atoms with Crippen LogP contribution in [0.15, 0.2) is 48.5 Å². The van der Waals surface area contributed by atoms with E-state index in [1.54, 1.807) is 12.1 Å². The SMILES string of the molecule is CC(C)c1ccc(C(=O)NCCNC(=O)c2ccccc2C(F)(F)F)cc1. The van der Waals surface area contributed by atoms with Crippen molar-refractivity contribution < 1.29 is 22.8 Å². The summed E-state index contributed by atoms with van der Waals surface area (Å²) in [7, 11) is 0. The van der Waals surface area contributed by atoms with Gasteiger partial charge < -0.3 is 10.6 Å². The maximum absolute atomic E-state index is 12.9. The highest BCUT2D eigenvalue weighted by molar-refractivity contribution is 5.96. The first-order valence-electron chi connectivity index (χ1n) is 8.52. The Balaban J connectivity index is 1.86. The summed E-state index contributed by atoms with van der Waals surface area (Å²) in [5.41, 5.74) is 0.160. The van der Waals surface area contributed by atoms with Gasteiger partial charge in [0.15, 0.2) is 0 Å². The van der Waals surface area contributed by atoms with Crippen LogP contribution in [0.25, 0.3) is 0 Å². The second kappa shape index (κ2) is 8.70. The van der Waals surface area contributed by atoms with E-state index in [2.05, 4.69) is 24.5 Å². The van der Waals surface area contributed by atoms with Crippen molar-refractivity contribution in [1.82, 2.24) is 10.6 Å². The Morgan fingerprint density at radius 1 is 0.889 bits per heavy atom. The third kappa shape index (κ3) is 5.57. The van der Waals surface area contributed by atoms with Crippen molar-refractivity contribution in [2.24, 2.45) is 0 Å². The molecule has 2 N–H and O–H groups in total. The molecule has 0 aliphatic rings. The van der Waals surface area contributed by atoms with Gasteiger partial charge in [0.2, 0.25) is 0 Å². The highest BCUT2D eigenvalue weighted by Crippen LogP contribution is 2.31. The highest BCUT2D eigenvalue weighted by atomic mass is 19.4. The predicted molar refractivity (Wildman–Crippen MR) is 96.6 cm³/mol. The van der Waals surface area contributed by atoms with Crippen LogP contribution in [0.2, 0.25) is 0 Å². The molecule has 4 nitrogen and oxygen atoms in total. The summed E-state index contributed by atoms with van der Waals surface area (Å²) in [5.74, 6) is -0.786. The van der Waals surface area contributed by atoms with E-state index in [0.717, 1.165) is 17.7 Å². The molecular weight excluding hydrogens is 357 g/mol. The van der Waals surface area contributed by atoms with E-state index in [1.165, 1.54) is 12.1 Å². The van der Waals surface area contributed by atoms with E-state index in [1.807, 2.05) is 12.1 Å². The van der Waals surface area contributed by atoms with Crippen molar-refractivity contribution in [2.45, 2.75) is 25.9 Å². The molecule has 27 heavy (non-hydrogen) atoms. The van der Waals surface area contributed by atoms with Gasteiger partial charge >= 0.3 is 6.18 Å². The van der Waals surface area contributed by atoms with Crippen molar-refractivity contribution in [3.05, 3.63) is 70.8 Å². The average Bonchev–Trinajstić information content (AvgIpc) is 2.64. The molecule has 2 aromatic rings. The van der Waals surface area contributed by atoms with E-state index in [-0.39, 0.29) is 19.0 Å². The number of halogens is 3. The van der Waals surface area contributed by atoms with Gasteiger partial charge in [0.25, 0.3) is 11.8 Å². The zero-order chi connectivity index (χ0) is 20.0. The Morgan fingerprint density at radius 2 is 1.44 bits per heavy atom. The molecule has 0 bridgehead atoms. The molecule has 0 unspecified atom stereocenters. The van der Waals surface area contributed by atoms with Crippen LogP contribution in [0.5, 0.6) is 0 Å². The molecule has 0 spiro atoms. The zero-order valence-electron chi connectivity index (χ0n) is 15.1. The number of nitrogens with one attached hydrogen (secondary N) is 2. The Morgan fingerprint density at radius 3 is 2.00 bits per heavy atom. The predicted octanol–water partition coefficient (Wildman–Crippen LogP) is 3.99. The number of carbonyl (C=O) groups excluding carboxylic acids is 2. The fourth-order valence-corrected chi connectivity index (χ4v) is 2.50.